The summed E-state index contributed by atoms with van der Waals surface area (Å²) < 4.78 is 5.90. The van der Waals surface area contributed by atoms with Gasteiger partial charge in [-0.15, -0.1) is 0 Å². The van der Waals surface area contributed by atoms with E-state index in [-0.39, 0.29) is 5.41 Å². The number of benzene rings is 2. The molecular formula is C18H21NOS. The Bertz CT molecular complexity index is 632. The number of nitrogens with two attached hydrogens (primary N) is 1. The molecule has 0 aliphatic carbocycles. The van der Waals surface area contributed by atoms with Gasteiger partial charge in [0, 0.05) is 0 Å². The Labute approximate surface area is 131 Å². The smallest absolute Gasteiger partial charge is 0.137 e. The average Bonchev–Trinajstić information content (AvgIpc) is 2.48. The van der Waals surface area contributed by atoms with E-state index in [0.29, 0.717) is 10.7 Å². The van der Waals surface area contributed by atoms with Gasteiger partial charge in [-0.25, -0.2) is 0 Å². The molecule has 0 saturated carbocycles. The van der Waals surface area contributed by atoms with Crippen molar-refractivity contribution in [2.45, 2.75) is 32.6 Å². The molecule has 110 valence electrons. The maximum absolute atomic E-state index is 5.90. The number of hydrogen-bond donors (Lipinski definition) is 1. The molecule has 0 fully saturated rings. The van der Waals surface area contributed by atoms with Gasteiger partial charge in [0.1, 0.15) is 16.5 Å². The highest BCUT2D eigenvalue weighted by Crippen LogP contribution is 2.30. The first-order valence-corrected chi connectivity index (χ1v) is 7.52. The third kappa shape index (κ3) is 3.61. The van der Waals surface area contributed by atoms with E-state index in [0.717, 1.165) is 17.7 Å². The summed E-state index contributed by atoms with van der Waals surface area (Å²) >= 11 is 5.05. The van der Waals surface area contributed by atoms with E-state index in [9.17, 15) is 0 Å². The summed E-state index contributed by atoms with van der Waals surface area (Å²) in [6, 6.07) is 15.8. The number of para-hydroxylation sites is 1. The van der Waals surface area contributed by atoms with Crippen molar-refractivity contribution in [3.8, 4) is 11.5 Å². The summed E-state index contributed by atoms with van der Waals surface area (Å²) in [5.74, 6) is 1.47. The molecule has 0 saturated heterocycles. The molecule has 0 aliphatic rings. The summed E-state index contributed by atoms with van der Waals surface area (Å²) in [4.78, 5) is 0.342. The highest BCUT2D eigenvalue weighted by molar-refractivity contribution is 7.80. The van der Waals surface area contributed by atoms with Gasteiger partial charge in [-0.1, -0.05) is 57.3 Å². The van der Waals surface area contributed by atoms with Crippen LogP contribution in [-0.4, -0.2) is 4.99 Å². The van der Waals surface area contributed by atoms with Crippen molar-refractivity contribution in [3.05, 3.63) is 59.7 Å². The molecule has 2 rings (SSSR count). The maximum atomic E-state index is 5.90. The molecule has 0 heterocycles. The lowest BCUT2D eigenvalue weighted by atomic mass is 9.82. The summed E-state index contributed by atoms with van der Waals surface area (Å²) in [5, 5.41) is 0. The van der Waals surface area contributed by atoms with Crippen molar-refractivity contribution in [2.24, 2.45) is 5.73 Å². The lowest BCUT2D eigenvalue weighted by Gasteiger charge is -2.23. The van der Waals surface area contributed by atoms with Crippen molar-refractivity contribution in [1.82, 2.24) is 0 Å². The predicted octanol–water partition coefficient (Wildman–Crippen LogP) is 4.80. The molecule has 0 bridgehead atoms. The van der Waals surface area contributed by atoms with Gasteiger partial charge in [0.2, 0.25) is 0 Å². The second-order valence-electron chi connectivity index (χ2n) is 5.72. The molecule has 0 atom stereocenters. The molecule has 2 aromatic carbocycles. The minimum absolute atomic E-state index is 0.176. The number of thiocarbonyl (C=S) groups is 1. The van der Waals surface area contributed by atoms with Gasteiger partial charge in [0.15, 0.2) is 0 Å². The van der Waals surface area contributed by atoms with Crippen LogP contribution < -0.4 is 10.5 Å². The largest absolute Gasteiger partial charge is 0.457 e. The van der Waals surface area contributed by atoms with Crippen LogP contribution in [0, 0.1) is 0 Å². The number of rotatable bonds is 5. The summed E-state index contributed by atoms with van der Waals surface area (Å²) in [5.41, 5.74) is 7.96. The Kier molecular flexibility index (Phi) is 4.63. The van der Waals surface area contributed by atoms with E-state index < -0.39 is 0 Å². The summed E-state index contributed by atoms with van der Waals surface area (Å²) in [6.45, 7) is 6.68. The van der Waals surface area contributed by atoms with Crippen molar-refractivity contribution < 1.29 is 4.74 Å². The minimum atomic E-state index is 0.176. The fraction of sp³-hybridized carbons (Fsp3) is 0.278. The molecule has 0 amide bonds. The standard InChI is InChI=1S/C18H21NOS/c1-4-18(2,3)13-9-11-14(12-10-13)20-16-8-6-5-7-15(16)17(19)21/h5-12H,4H2,1-3H3,(H2,19,21). The molecule has 2 aromatic rings. The van der Waals surface area contributed by atoms with Crippen LogP contribution in [0.4, 0.5) is 0 Å². The van der Waals surface area contributed by atoms with Crippen LogP contribution in [0.1, 0.15) is 38.3 Å². The molecule has 0 spiro atoms. The van der Waals surface area contributed by atoms with Crippen LogP contribution in [0.2, 0.25) is 0 Å². The highest BCUT2D eigenvalue weighted by atomic mass is 32.1. The molecular weight excluding hydrogens is 278 g/mol. The fourth-order valence-corrected chi connectivity index (χ4v) is 2.23. The van der Waals surface area contributed by atoms with Crippen molar-refractivity contribution in [2.75, 3.05) is 0 Å². The Hall–Kier alpha value is -1.87. The molecule has 3 heteroatoms. The second-order valence-corrected chi connectivity index (χ2v) is 6.16. The average molecular weight is 299 g/mol. The van der Waals surface area contributed by atoms with Gasteiger partial charge in [-0.2, -0.15) is 0 Å². The lowest BCUT2D eigenvalue weighted by Crippen LogP contribution is -2.15. The molecule has 21 heavy (non-hydrogen) atoms. The third-order valence-electron chi connectivity index (χ3n) is 3.90. The first-order valence-electron chi connectivity index (χ1n) is 7.11. The Balaban J connectivity index is 2.24. The second kappa shape index (κ2) is 6.27. The monoisotopic (exact) mass is 299 g/mol. The quantitative estimate of drug-likeness (QED) is 0.805. The van der Waals surface area contributed by atoms with E-state index in [2.05, 4.69) is 32.9 Å². The first-order chi connectivity index (χ1) is 9.94. The molecule has 2 N–H and O–H groups in total. The Morgan fingerprint density at radius 1 is 1.10 bits per heavy atom. The third-order valence-corrected chi connectivity index (χ3v) is 4.12. The Morgan fingerprint density at radius 2 is 1.71 bits per heavy atom. The maximum Gasteiger partial charge on any atom is 0.137 e. The topological polar surface area (TPSA) is 35.2 Å². The van der Waals surface area contributed by atoms with Crippen molar-refractivity contribution in [3.63, 3.8) is 0 Å². The number of hydrogen-bond acceptors (Lipinski definition) is 2. The molecule has 0 aliphatic heterocycles. The zero-order valence-electron chi connectivity index (χ0n) is 12.7. The van der Waals surface area contributed by atoms with E-state index in [1.807, 2.05) is 36.4 Å². The van der Waals surface area contributed by atoms with Gasteiger partial charge < -0.3 is 10.5 Å². The zero-order chi connectivity index (χ0) is 15.5. The van der Waals surface area contributed by atoms with Crippen LogP contribution >= 0.6 is 12.2 Å². The van der Waals surface area contributed by atoms with Crippen LogP contribution in [0.15, 0.2) is 48.5 Å². The highest BCUT2D eigenvalue weighted by Gasteiger charge is 2.17. The van der Waals surface area contributed by atoms with E-state index in [1.165, 1.54) is 5.56 Å². The van der Waals surface area contributed by atoms with Gasteiger partial charge >= 0.3 is 0 Å². The lowest BCUT2D eigenvalue weighted by molar-refractivity contribution is 0.477. The minimum Gasteiger partial charge on any atom is -0.457 e. The van der Waals surface area contributed by atoms with Crippen LogP contribution in [0.5, 0.6) is 11.5 Å². The van der Waals surface area contributed by atoms with Gasteiger partial charge in [-0.3, -0.25) is 0 Å². The number of ether oxygens (including phenoxy) is 1. The zero-order valence-corrected chi connectivity index (χ0v) is 13.5. The van der Waals surface area contributed by atoms with E-state index in [1.54, 1.807) is 0 Å². The van der Waals surface area contributed by atoms with Crippen LogP contribution in [0.25, 0.3) is 0 Å². The normalized spacial score (nSPS) is 11.2. The first kappa shape index (κ1) is 15.5. The summed E-state index contributed by atoms with van der Waals surface area (Å²) in [7, 11) is 0. The SMILES string of the molecule is CCC(C)(C)c1ccc(Oc2ccccc2C(N)=S)cc1. The van der Waals surface area contributed by atoms with Crippen molar-refractivity contribution >= 4 is 17.2 Å². The van der Waals surface area contributed by atoms with Gasteiger partial charge in [-0.05, 0) is 41.7 Å². The molecule has 0 radical (unpaired) electrons. The predicted molar refractivity (Wildman–Crippen MR) is 92.2 cm³/mol. The fourth-order valence-electron chi connectivity index (χ4n) is 2.06. The summed E-state index contributed by atoms with van der Waals surface area (Å²) in [6.07, 6.45) is 1.09. The molecule has 0 aromatic heterocycles. The van der Waals surface area contributed by atoms with E-state index >= 15 is 0 Å². The van der Waals surface area contributed by atoms with Gasteiger partial charge in [0.25, 0.3) is 0 Å². The van der Waals surface area contributed by atoms with Crippen LogP contribution in [-0.2, 0) is 5.41 Å². The van der Waals surface area contributed by atoms with Gasteiger partial charge in [0.05, 0.1) is 5.56 Å². The van der Waals surface area contributed by atoms with Crippen molar-refractivity contribution in [1.29, 1.82) is 0 Å². The Morgan fingerprint density at radius 3 is 2.29 bits per heavy atom. The molecule has 0 unspecified atom stereocenters. The molecule has 2 nitrogen and oxygen atoms in total. The van der Waals surface area contributed by atoms with E-state index in [4.69, 9.17) is 22.7 Å². The van der Waals surface area contributed by atoms with Crippen LogP contribution in [0.3, 0.4) is 0 Å².